The number of amides is 1. The van der Waals surface area contributed by atoms with Crippen molar-refractivity contribution in [2.24, 2.45) is 5.92 Å². The summed E-state index contributed by atoms with van der Waals surface area (Å²) < 4.78 is 17.1. The molecule has 1 aromatic rings. The molecule has 0 aromatic carbocycles. The Morgan fingerprint density at radius 3 is 2.76 bits per heavy atom. The Morgan fingerprint density at radius 1 is 1.29 bits per heavy atom. The van der Waals surface area contributed by atoms with Crippen LogP contribution in [0.5, 0.6) is 0 Å². The Labute approximate surface area is 122 Å². The number of hydrogen-bond donors (Lipinski definition) is 1. The zero-order valence-corrected chi connectivity index (χ0v) is 11.8. The number of anilines is 1. The molecule has 1 amide bonds. The molecular formula is C15H18N2O4. The average molecular weight is 290 g/mol. The first-order valence-corrected chi connectivity index (χ1v) is 7.37. The number of carbonyl (C=O) groups excluding carboxylic acids is 1. The lowest BCUT2D eigenvalue weighted by Crippen LogP contribution is -2.35. The van der Waals surface area contributed by atoms with Gasteiger partial charge in [-0.05, 0) is 24.5 Å². The van der Waals surface area contributed by atoms with Gasteiger partial charge in [-0.25, -0.2) is 4.98 Å². The molecule has 0 bridgehead atoms. The molecule has 2 fully saturated rings. The van der Waals surface area contributed by atoms with Gasteiger partial charge in [0.1, 0.15) is 11.4 Å². The fourth-order valence-corrected chi connectivity index (χ4v) is 2.83. The maximum absolute atomic E-state index is 11.9. The third-order valence-electron chi connectivity index (χ3n) is 4.22. The maximum atomic E-state index is 11.9. The number of rotatable bonds is 2. The lowest BCUT2D eigenvalue weighted by molar-refractivity contribution is -0.117. The smallest absolute Gasteiger partial charge is 0.228 e. The van der Waals surface area contributed by atoms with Crippen LogP contribution >= 0.6 is 0 Å². The molecule has 1 spiro atoms. The summed E-state index contributed by atoms with van der Waals surface area (Å²) >= 11 is 0. The van der Waals surface area contributed by atoms with Gasteiger partial charge in [0.25, 0.3) is 0 Å². The molecule has 0 atom stereocenters. The van der Waals surface area contributed by atoms with Crippen LogP contribution in [0, 0.1) is 5.92 Å². The van der Waals surface area contributed by atoms with E-state index in [1.807, 2.05) is 6.07 Å². The Hall–Kier alpha value is -1.50. The molecule has 112 valence electrons. The van der Waals surface area contributed by atoms with Crippen molar-refractivity contribution in [1.82, 2.24) is 4.98 Å². The van der Waals surface area contributed by atoms with E-state index >= 15 is 0 Å². The van der Waals surface area contributed by atoms with Crippen molar-refractivity contribution in [3.63, 3.8) is 0 Å². The molecule has 1 saturated heterocycles. The van der Waals surface area contributed by atoms with Gasteiger partial charge in [-0.1, -0.05) is 0 Å². The summed E-state index contributed by atoms with van der Waals surface area (Å²) in [5, 5.41) is 2.88. The Kier molecular flexibility index (Phi) is 3.17. The lowest BCUT2D eigenvalue weighted by atomic mass is 9.95. The van der Waals surface area contributed by atoms with E-state index in [2.05, 4.69) is 10.3 Å². The number of nitrogens with zero attached hydrogens (tertiary/aromatic N) is 1. The highest BCUT2D eigenvalue weighted by molar-refractivity contribution is 5.93. The molecule has 4 rings (SSSR count). The third-order valence-corrected chi connectivity index (χ3v) is 4.22. The number of nitrogens with one attached hydrogen (secondary N) is 1. The standard InChI is InChI=1S/C15H18N2O4/c18-14(10-1-2-10)17-13-5-12-11(6-16-13)7-21-15(12)8-19-3-4-20-9-15/h5-6,10H,1-4,7-9H2,(H,16,17,18). The molecule has 1 saturated carbocycles. The number of hydrogen-bond acceptors (Lipinski definition) is 5. The van der Waals surface area contributed by atoms with Crippen LogP contribution in [0.3, 0.4) is 0 Å². The van der Waals surface area contributed by atoms with Crippen LogP contribution < -0.4 is 5.32 Å². The van der Waals surface area contributed by atoms with Crippen molar-refractivity contribution in [1.29, 1.82) is 0 Å². The number of ether oxygens (including phenoxy) is 3. The summed E-state index contributed by atoms with van der Waals surface area (Å²) in [4.78, 5) is 16.2. The number of fused-ring (bicyclic) bond motifs is 2. The normalized spacial score (nSPS) is 23.6. The van der Waals surface area contributed by atoms with E-state index in [4.69, 9.17) is 14.2 Å². The molecule has 3 heterocycles. The van der Waals surface area contributed by atoms with Gasteiger partial charge in [0.15, 0.2) is 0 Å². The minimum Gasteiger partial charge on any atom is -0.376 e. The second-order valence-electron chi connectivity index (χ2n) is 5.88. The molecule has 1 aliphatic carbocycles. The molecular weight excluding hydrogens is 272 g/mol. The summed E-state index contributed by atoms with van der Waals surface area (Å²) in [6.45, 7) is 2.61. The van der Waals surface area contributed by atoms with Gasteiger partial charge in [-0.3, -0.25) is 4.79 Å². The van der Waals surface area contributed by atoms with E-state index in [1.165, 1.54) is 0 Å². The summed E-state index contributed by atoms with van der Waals surface area (Å²) in [5.41, 5.74) is 1.49. The van der Waals surface area contributed by atoms with Crippen LogP contribution in [-0.4, -0.2) is 37.3 Å². The van der Waals surface area contributed by atoms with Gasteiger partial charge in [-0.2, -0.15) is 0 Å². The van der Waals surface area contributed by atoms with Crippen molar-refractivity contribution < 1.29 is 19.0 Å². The molecule has 2 aliphatic heterocycles. The predicted molar refractivity (Wildman–Crippen MR) is 73.7 cm³/mol. The Morgan fingerprint density at radius 2 is 2.05 bits per heavy atom. The van der Waals surface area contributed by atoms with Gasteiger partial charge in [0.2, 0.25) is 5.91 Å². The molecule has 21 heavy (non-hydrogen) atoms. The van der Waals surface area contributed by atoms with Crippen molar-refractivity contribution in [3.05, 3.63) is 23.4 Å². The topological polar surface area (TPSA) is 69.7 Å². The molecule has 6 nitrogen and oxygen atoms in total. The first-order valence-electron chi connectivity index (χ1n) is 7.37. The summed E-state index contributed by atoms with van der Waals surface area (Å²) in [6, 6.07) is 1.90. The van der Waals surface area contributed by atoms with Crippen molar-refractivity contribution in [2.75, 3.05) is 31.7 Å². The van der Waals surface area contributed by atoms with Crippen molar-refractivity contribution >= 4 is 11.7 Å². The van der Waals surface area contributed by atoms with Crippen LogP contribution in [0.4, 0.5) is 5.82 Å². The van der Waals surface area contributed by atoms with Crippen molar-refractivity contribution in [3.8, 4) is 0 Å². The van der Waals surface area contributed by atoms with Gasteiger partial charge >= 0.3 is 0 Å². The molecule has 1 aromatic heterocycles. The minimum absolute atomic E-state index is 0.0591. The fraction of sp³-hybridized carbons (Fsp3) is 0.600. The highest BCUT2D eigenvalue weighted by atomic mass is 16.6. The number of aromatic nitrogens is 1. The van der Waals surface area contributed by atoms with Gasteiger partial charge in [0.05, 0.1) is 33.0 Å². The monoisotopic (exact) mass is 290 g/mol. The SMILES string of the molecule is O=C(Nc1cc2c(cn1)COC21COCCOC1)C1CC1. The first-order chi connectivity index (χ1) is 10.3. The number of carbonyl (C=O) groups is 1. The highest BCUT2D eigenvalue weighted by Crippen LogP contribution is 2.39. The second kappa shape index (κ2) is 5.05. The van der Waals surface area contributed by atoms with Crippen LogP contribution in [0.1, 0.15) is 24.0 Å². The van der Waals surface area contributed by atoms with Crippen LogP contribution in [0.2, 0.25) is 0 Å². The average Bonchev–Trinajstić information content (AvgIpc) is 3.29. The van der Waals surface area contributed by atoms with Crippen LogP contribution in [-0.2, 0) is 31.2 Å². The van der Waals surface area contributed by atoms with E-state index < -0.39 is 5.60 Å². The quantitative estimate of drug-likeness (QED) is 0.886. The van der Waals surface area contributed by atoms with Gasteiger partial charge in [-0.15, -0.1) is 0 Å². The van der Waals surface area contributed by atoms with Crippen LogP contribution in [0.15, 0.2) is 12.3 Å². The predicted octanol–water partition coefficient (Wildman–Crippen LogP) is 1.20. The zero-order chi connectivity index (χ0) is 14.3. The summed E-state index contributed by atoms with van der Waals surface area (Å²) in [7, 11) is 0. The fourth-order valence-electron chi connectivity index (χ4n) is 2.83. The summed E-state index contributed by atoms with van der Waals surface area (Å²) in [6.07, 6.45) is 3.73. The molecule has 6 heteroatoms. The van der Waals surface area contributed by atoms with E-state index in [0.717, 1.165) is 24.0 Å². The highest BCUT2D eigenvalue weighted by Gasteiger charge is 2.42. The van der Waals surface area contributed by atoms with Gasteiger partial charge in [0, 0.05) is 17.7 Å². The van der Waals surface area contributed by atoms with E-state index in [1.54, 1.807) is 6.20 Å². The van der Waals surface area contributed by atoms with E-state index in [0.29, 0.717) is 38.9 Å². The lowest BCUT2D eigenvalue weighted by Gasteiger charge is -2.26. The Balaban J connectivity index is 1.61. The first kappa shape index (κ1) is 13.2. The second-order valence-corrected chi connectivity index (χ2v) is 5.88. The minimum atomic E-state index is -0.562. The largest absolute Gasteiger partial charge is 0.376 e. The Bertz CT molecular complexity index is 563. The number of pyridine rings is 1. The van der Waals surface area contributed by atoms with Crippen LogP contribution in [0.25, 0.3) is 0 Å². The van der Waals surface area contributed by atoms with E-state index in [9.17, 15) is 4.79 Å². The van der Waals surface area contributed by atoms with Crippen molar-refractivity contribution in [2.45, 2.75) is 25.0 Å². The molecule has 3 aliphatic rings. The zero-order valence-electron chi connectivity index (χ0n) is 11.8. The third kappa shape index (κ3) is 2.43. The van der Waals surface area contributed by atoms with Gasteiger partial charge < -0.3 is 19.5 Å². The van der Waals surface area contributed by atoms with E-state index in [-0.39, 0.29) is 11.8 Å². The maximum Gasteiger partial charge on any atom is 0.228 e. The molecule has 0 radical (unpaired) electrons. The summed E-state index contributed by atoms with van der Waals surface area (Å²) in [5.74, 6) is 0.804. The molecule has 0 unspecified atom stereocenters. The molecule has 1 N–H and O–H groups in total.